The summed E-state index contributed by atoms with van der Waals surface area (Å²) in [6.07, 6.45) is 4.78. The molecule has 0 fully saturated rings. The third kappa shape index (κ3) is 4.75. The van der Waals surface area contributed by atoms with Crippen LogP contribution in [0.2, 0.25) is 5.02 Å². The first-order valence-corrected chi connectivity index (χ1v) is 6.60. The summed E-state index contributed by atoms with van der Waals surface area (Å²) in [5.74, 6) is 0.0394. The van der Waals surface area contributed by atoms with Crippen LogP contribution in [0.1, 0.15) is 12.0 Å². The van der Waals surface area contributed by atoms with E-state index in [1.54, 1.807) is 10.9 Å². The van der Waals surface area contributed by atoms with E-state index in [2.05, 4.69) is 10.4 Å². The van der Waals surface area contributed by atoms with Gasteiger partial charge in [-0.25, -0.2) is 0 Å². The van der Waals surface area contributed by atoms with Crippen LogP contribution in [0.15, 0.2) is 42.7 Å². The molecule has 0 unspecified atom stereocenters. The largest absolute Gasteiger partial charge is 0.356 e. The predicted octanol–water partition coefficient (Wildman–Crippen LogP) is 2.29. The van der Waals surface area contributed by atoms with E-state index >= 15 is 0 Å². The zero-order valence-electron chi connectivity index (χ0n) is 10.6. The maximum atomic E-state index is 11.6. The van der Waals surface area contributed by atoms with Gasteiger partial charge in [-0.1, -0.05) is 23.7 Å². The third-order valence-corrected chi connectivity index (χ3v) is 2.99. The number of halogens is 1. The number of benzene rings is 1. The van der Waals surface area contributed by atoms with Gasteiger partial charge in [0.25, 0.3) is 0 Å². The molecule has 0 radical (unpaired) electrons. The van der Waals surface area contributed by atoms with Crippen molar-refractivity contribution in [3.63, 3.8) is 0 Å². The molecule has 0 spiro atoms. The molecule has 2 rings (SSSR count). The molecule has 0 aliphatic carbocycles. The minimum absolute atomic E-state index is 0.0394. The van der Waals surface area contributed by atoms with Crippen LogP contribution in [0.4, 0.5) is 0 Å². The van der Waals surface area contributed by atoms with E-state index in [4.69, 9.17) is 11.6 Å². The van der Waals surface area contributed by atoms with E-state index < -0.39 is 0 Å². The lowest BCUT2D eigenvalue weighted by atomic mass is 10.1. The van der Waals surface area contributed by atoms with E-state index in [0.717, 1.165) is 17.0 Å². The molecule has 1 aromatic carbocycles. The van der Waals surface area contributed by atoms with Gasteiger partial charge in [-0.05, 0) is 30.2 Å². The Hall–Kier alpha value is -1.81. The Morgan fingerprint density at radius 1 is 1.37 bits per heavy atom. The molecule has 1 N–H and O–H groups in total. The number of hydrogen-bond donors (Lipinski definition) is 1. The van der Waals surface area contributed by atoms with Crippen LogP contribution in [0.5, 0.6) is 0 Å². The molecule has 5 heteroatoms. The lowest BCUT2D eigenvalue weighted by molar-refractivity contribution is -0.121. The highest BCUT2D eigenvalue weighted by atomic mass is 35.5. The van der Waals surface area contributed by atoms with Crippen molar-refractivity contribution in [2.45, 2.75) is 19.4 Å². The number of hydrogen-bond acceptors (Lipinski definition) is 2. The summed E-state index contributed by atoms with van der Waals surface area (Å²) in [4.78, 5) is 11.6. The fraction of sp³-hybridized carbons (Fsp3) is 0.286. The van der Waals surface area contributed by atoms with Crippen molar-refractivity contribution in [2.24, 2.45) is 0 Å². The van der Waals surface area contributed by atoms with E-state index in [1.165, 1.54) is 0 Å². The van der Waals surface area contributed by atoms with Crippen LogP contribution < -0.4 is 5.32 Å². The first-order chi connectivity index (χ1) is 9.24. The number of rotatable bonds is 6. The number of nitrogens with one attached hydrogen (secondary N) is 1. The molecular formula is C14H16ClN3O. The van der Waals surface area contributed by atoms with Crippen molar-refractivity contribution in [2.75, 3.05) is 6.54 Å². The van der Waals surface area contributed by atoms with E-state index in [0.29, 0.717) is 19.5 Å². The molecule has 0 bridgehead atoms. The minimum atomic E-state index is 0.0394. The Morgan fingerprint density at radius 2 is 2.26 bits per heavy atom. The quantitative estimate of drug-likeness (QED) is 0.881. The summed E-state index contributed by atoms with van der Waals surface area (Å²) in [6.45, 7) is 1.23. The van der Waals surface area contributed by atoms with Crippen LogP contribution in [0.25, 0.3) is 0 Å². The second-order valence-electron chi connectivity index (χ2n) is 4.25. The molecule has 1 aromatic heterocycles. The summed E-state index contributed by atoms with van der Waals surface area (Å²) in [5, 5.41) is 7.66. The van der Waals surface area contributed by atoms with Crippen LogP contribution in [-0.4, -0.2) is 22.2 Å². The zero-order chi connectivity index (χ0) is 13.5. The summed E-state index contributed by atoms with van der Waals surface area (Å²) in [5.41, 5.74) is 1.12. The van der Waals surface area contributed by atoms with Crippen molar-refractivity contribution in [1.82, 2.24) is 15.1 Å². The molecule has 1 heterocycles. The summed E-state index contributed by atoms with van der Waals surface area (Å²) in [7, 11) is 0. The van der Waals surface area contributed by atoms with Gasteiger partial charge < -0.3 is 5.32 Å². The molecular weight excluding hydrogens is 262 g/mol. The van der Waals surface area contributed by atoms with Crippen molar-refractivity contribution < 1.29 is 4.79 Å². The van der Waals surface area contributed by atoms with Gasteiger partial charge in [0.1, 0.15) is 0 Å². The molecule has 100 valence electrons. The van der Waals surface area contributed by atoms with Gasteiger partial charge in [0.15, 0.2) is 0 Å². The molecule has 0 saturated carbocycles. The van der Waals surface area contributed by atoms with Crippen LogP contribution in [0, 0.1) is 0 Å². The summed E-state index contributed by atoms with van der Waals surface area (Å²) < 4.78 is 1.75. The topological polar surface area (TPSA) is 46.9 Å². The van der Waals surface area contributed by atoms with Gasteiger partial charge >= 0.3 is 0 Å². The molecule has 19 heavy (non-hydrogen) atoms. The lowest BCUT2D eigenvalue weighted by Gasteiger charge is -2.06. The molecule has 0 aliphatic heterocycles. The van der Waals surface area contributed by atoms with Gasteiger partial charge in [0, 0.05) is 36.9 Å². The van der Waals surface area contributed by atoms with E-state index in [1.807, 2.05) is 36.5 Å². The van der Waals surface area contributed by atoms with Crippen molar-refractivity contribution in [3.05, 3.63) is 53.3 Å². The molecule has 1 amide bonds. The maximum absolute atomic E-state index is 11.6. The fourth-order valence-corrected chi connectivity index (χ4v) is 1.99. The number of carbonyl (C=O) groups is 1. The van der Waals surface area contributed by atoms with Gasteiger partial charge in [0.05, 0.1) is 0 Å². The number of nitrogens with zero attached hydrogens (tertiary/aromatic N) is 2. The lowest BCUT2D eigenvalue weighted by Crippen LogP contribution is -2.26. The highest BCUT2D eigenvalue weighted by Gasteiger charge is 2.02. The van der Waals surface area contributed by atoms with E-state index in [-0.39, 0.29) is 5.91 Å². The Balaban J connectivity index is 1.66. The number of aryl methyl sites for hydroxylation is 1. The highest BCUT2D eigenvalue weighted by molar-refractivity contribution is 6.30. The fourth-order valence-electron chi connectivity index (χ4n) is 1.78. The Bertz CT molecular complexity index is 525. The Morgan fingerprint density at radius 3 is 3.00 bits per heavy atom. The number of carbonyl (C=O) groups excluding carboxylic acids is 1. The average Bonchev–Trinajstić information content (AvgIpc) is 2.89. The monoisotopic (exact) mass is 277 g/mol. The molecule has 0 saturated heterocycles. The maximum Gasteiger partial charge on any atom is 0.221 e. The van der Waals surface area contributed by atoms with Gasteiger partial charge in [-0.15, -0.1) is 0 Å². The average molecular weight is 278 g/mol. The van der Waals surface area contributed by atoms with Crippen molar-refractivity contribution >= 4 is 17.5 Å². The molecule has 0 atom stereocenters. The minimum Gasteiger partial charge on any atom is -0.356 e. The summed E-state index contributed by atoms with van der Waals surface area (Å²) >= 11 is 5.90. The molecule has 0 aliphatic rings. The van der Waals surface area contributed by atoms with Gasteiger partial charge in [0.2, 0.25) is 5.91 Å². The third-order valence-electron chi connectivity index (χ3n) is 2.75. The standard InChI is InChI=1S/C14H16ClN3O/c15-13-4-1-3-12(11-13)5-8-16-14(19)6-10-18-9-2-7-17-18/h1-4,7,9,11H,5-6,8,10H2,(H,16,19). The van der Waals surface area contributed by atoms with Crippen molar-refractivity contribution in [3.8, 4) is 0 Å². The Labute approximate surface area is 117 Å². The second kappa shape index (κ2) is 6.95. The van der Waals surface area contributed by atoms with Crippen LogP contribution in [0.3, 0.4) is 0 Å². The van der Waals surface area contributed by atoms with Crippen molar-refractivity contribution in [1.29, 1.82) is 0 Å². The van der Waals surface area contributed by atoms with Crippen LogP contribution >= 0.6 is 11.6 Å². The zero-order valence-corrected chi connectivity index (χ0v) is 11.3. The van der Waals surface area contributed by atoms with E-state index in [9.17, 15) is 4.79 Å². The smallest absolute Gasteiger partial charge is 0.221 e. The summed E-state index contributed by atoms with van der Waals surface area (Å²) in [6, 6.07) is 9.52. The number of amides is 1. The highest BCUT2D eigenvalue weighted by Crippen LogP contribution is 2.10. The number of aromatic nitrogens is 2. The second-order valence-corrected chi connectivity index (χ2v) is 4.69. The normalized spacial score (nSPS) is 10.4. The molecule has 2 aromatic rings. The first kappa shape index (κ1) is 13.6. The van der Waals surface area contributed by atoms with Gasteiger partial charge in [-0.2, -0.15) is 5.10 Å². The van der Waals surface area contributed by atoms with Crippen LogP contribution in [-0.2, 0) is 17.8 Å². The Kier molecular flexibility index (Phi) is 4.98. The first-order valence-electron chi connectivity index (χ1n) is 6.22. The molecule has 4 nitrogen and oxygen atoms in total. The van der Waals surface area contributed by atoms with Gasteiger partial charge in [-0.3, -0.25) is 9.48 Å². The predicted molar refractivity (Wildman–Crippen MR) is 75.0 cm³/mol. The SMILES string of the molecule is O=C(CCn1cccn1)NCCc1cccc(Cl)c1.